The van der Waals surface area contributed by atoms with Crippen LogP contribution in [0, 0.1) is 12.8 Å². The Morgan fingerprint density at radius 2 is 1.97 bits per heavy atom. The zero-order valence-electron chi connectivity index (χ0n) is 17.9. The number of amides is 2. The molecule has 1 aromatic carbocycles. The minimum atomic E-state index is -3.73. The van der Waals surface area contributed by atoms with Crippen LogP contribution in [0.15, 0.2) is 17.0 Å². The van der Waals surface area contributed by atoms with Crippen LogP contribution in [0.5, 0.6) is 5.75 Å². The predicted molar refractivity (Wildman–Crippen MR) is 113 cm³/mol. The molecule has 2 aliphatic heterocycles. The van der Waals surface area contributed by atoms with Gasteiger partial charge in [0.05, 0.1) is 10.6 Å². The molecule has 30 heavy (non-hydrogen) atoms. The van der Waals surface area contributed by atoms with Gasteiger partial charge in [-0.25, -0.2) is 8.42 Å². The lowest BCUT2D eigenvalue weighted by atomic mass is 9.97. The van der Waals surface area contributed by atoms with E-state index in [0.29, 0.717) is 49.5 Å². The SMILES string of the molecule is Cc1cc2c(cc1S(=O)(=O)N1CCC(C(=O)NCCN(C)C)CC1)O[C@H](C)C(=O)N2. The summed E-state index contributed by atoms with van der Waals surface area (Å²) in [6, 6.07) is 3.10. The van der Waals surface area contributed by atoms with E-state index in [2.05, 4.69) is 10.6 Å². The summed E-state index contributed by atoms with van der Waals surface area (Å²) in [5.41, 5.74) is 1.01. The van der Waals surface area contributed by atoms with Crippen molar-refractivity contribution < 1.29 is 22.7 Å². The van der Waals surface area contributed by atoms with Gasteiger partial charge in [-0.15, -0.1) is 0 Å². The van der Waals surface area contributed by atoms with Crippen LogP contribution >= 0.6 is 0 Å². The van der Waals surface area contributed by atoms with Crippen LogP contribution in [-0.4, -0.2) is 75.8 Å². The monoisotopic (exact) mass is 438 g/mol. The van der Waals surface area contributed by atoms with E-state index in [0.717, 1.165) is 6.54 Å². The normalized spacial score (nSPS) is 20.4. The summed E-state index contributed by atoms with van der Waals surface area (Å²) in [4.78, 5) is 26.3. The van der Waals surface area contributed by atoms with Gasteiger partial charge in [0.1, 0.15) is 5.75 Å². The number of anilines is 1. The first-order chi connectivity index (χ1) is 14.1. The highest BCUT2D eigenvalue weighted by Gasteiger charge is 2.34. The fourth-order valence-corrected chi connectivity index (χ4v) is 5.36. The molecule has 0 aliphatic carbocycles. The quantitative estimate of drug-likeness (QED) is 0.680. The summed E-state index contributed by atoms with van der Waals surface area (Å²) < 4.78 is 33.5. The largest absolute Gasteiger partial charge is 0.479 e. The van der Waals surface area contributed by atoms with Gasteiger partial charge in [0.2, 0.25) is 15.9 Å². The third-order valence-corrected chi connectivity index (χ3v) is 7.55. The molecule has 3 rings (SSSR count). The first-order valence-corrected chi connectivity index (χ1v) is 11.6. The molecule has 2 amide bonds. The maximum Gasteiger partial charge on any atom is 0.265 e. The molecule has 1 atom stereocenters. The molecular formula is C20H30N4O5S. The lowest BCUT2D eigenvalue weighted by molar-refractivity contribution is -0.126. The van der Waals surface area contributed by atoms with Crippen molar-refractivity contribution in [1.29, 1.82) is 0 Å². The molecule has 0 spiro atoms. The summed E-state index contributed by atoms with van der Waals surface area (Å²) in [6.45, 7) is 5.23. The second-order valence-electron chi connectivity index (χ2n) is 8.14. The summed E-state index contributed by atoms with van der Waals surface area (Å²) in [5.74, 6) is -0.107. The van der Waals surface area contributed by atoms with Crippen molar-refractivity contribution in [1.82, 2.24) is 14.5 Å². The fourth-order valence-electron chi connectivity index (χ4n) is 3.67. The number of likely N-dealkylation sites (N-methyl/N-ethyl adjacent to an activating group) is 1. The number of aryl methyl sites for hydroxylation is 1. The molecule has 0 unspecified atom stereocenters. The summed E-state index contributed by atoms with van der Waals surface area (Å²) in [6.07, 6.45) is 0.291. The van der Waals surface area contributed by atoms with Gasteiger partial charge >= 0.3 is 0 Å². The highest BCUT2D eigenvalue weighted by molar-refractivity contribution is 7.89. The second-order valence-corrected chi connectivity index (χ2v) is 10.0. The lowest BCUT2D eigenvalue weighted by Crippen LogP contribution is -2.44. The van der Waals surface area contributed by atoms with Crippen molar-refractivity contribution in [3.63, 3.8) is 0 Å². The van der Waals surface area contributed by atoms with E-state index in [9.17, 15) is 18.0 Å². The minimum absolute atomic E-state index is 0.0167. The number of hydrogen-bond donors (Lipinski definition) is 2. The molecule has 9 nitrogen and oxygen atoms in total. The Balaban J connectivity index is 1.68. The van der Waals surface area contributed by atoms with Crippen LogP contribution in [0.2, 0.25) is 0 Å². The van der Waals surface area contributed by atoms with Crippen LogP contribution < -0.4 is 15.4 Å². The number of carbonyl (C=O) groups is 2. The van der Waals surface area contributed by atoms with E-state index in [4.69, 9.17) is 4.74 Å². The van der Waals surface area contributed by atoms with Crippen LogP contribution in [0.25, 0.3) is 0 Å². The van der Waals surface area contributed by atoms with Crippen molar-refractivity contribution in [2.75, 3.05) is 45.6 Å². The number of nitrogens with zero attached hydrogens (tertiary/aromatic N) is 2. The zero-order valence-corrected chi connectivity index (χ0v) is 18.7. The molecule has 1 saturated heterocycles. The Labute approximate surface area is 177 Å². The van der Waals surface area contributed by atoms with Crippen molar-refractivity contribution in [2.45, 2.75) is 37.7 Å². The topological polar surface area (TPSA) is 108 Å². The third-order valence-electron chi connectivity index (χ3n) is 5.51. The summed E-state index contributed by atoms with van der Waals surface area (Å²) in [7, 11) is 0.152. The molecule has 2 heterocycles. The number of piperidine rings is 1. The first kappa shape index (κ1) is 22.5. The molecule has 2 N–H and O–H groups in total. The molecule has 0 bridgehead atoms. The molecule has 0 saturated carbocycles. The van der Waals surface area contributed by atoms with E-state index < -0.39 is 16.1 Å². The molecule has 1 fully saturated rings. The Kier molecular flexibility index (Phi) is 6.68. The molecule has 2 aliphatic rings. The highest BCUT2D eigenvalue weighted by atomic mass is 32.2. The number of carbonyl (C=O) groups excluding carboxylic acids is 2. The van der Waals surface area contributed by atoms with Gasteiger partial charge in [0.25, 0.3) is 5.91 Å². The van der Waals surface area contributed by atoms with Gasteiger partial charge < -0.3 is 20.3 Å². The first-order valence-electron chi connectivity index (χ1n) is 10.1. The standard InChI is InChI=1S/C20H30N4O5S/c1-13-11-16-17(29-14(2)19(25)22-16)12-18(13)30(27,28)24-8-5-15(6-9-24)20(26)21-7-10-23(3)4/h11-12,14-15H,5-10H2,1-4H3,(H,21,26)(H,22,25)/t14-/m1/s1. The average Bonchev–Trinajstić information content (AvgIpc) is 2.68. The lowest BCUT2D eigenvalue weighted by Gasteiger charge is -2.31. The average molecular weight is 439 g/mol. The maximum atomic E-state index is 13.2. The molecule has 1 aromatic rings. The third kappa shape index (κ3) is 4.76. The van der Waals surface area contributed by atoms with Crippen LogP contribution in [0.4, 0.5) is 5.69 Å². The van der Waals surface area contributed by atoms with Crippen molar-refractivity contribution >= 4 is 27.5 Å². The van der Waals surface area contributed by atoms with E-state index in [1.807, 2.05) is 19.0 Å². The number of fused-ring (bicyclic) bond motifs is 1. The molecule has 10 heteroatoms. The van der Waals surface area contributed by atoms with Gasteiger partial charge in [-0.3, -0.25) is 9.59 Å². The van der Waals surface area contributed by atoms with Crippen molar-refractivity contribution in [3.8, 4) is 5.75 Å². The number of rotatable bonds is 6. The second kappa shape index (κ2) is 8.91. The van der Waals surface area contributed by atoms with E-state index in [-0.39, 0.29) is 22.6 Å². The highest BCUT2D eigenvalue weighted by Crippen LogP contribution is 2.36. The van der Waals surface area contributed by atoms with Crippen LogP contribution in [0.3, 0.4) is 0 Å². The number of nitrogens with one attached hydrogen (secondary N) is 2. The summed E-state index contributed by atoms with van der Waals surface area (Å²) >= 11 is 0. The van der Waals surface area contributed by atoms with Crippen LogP contribution in [-0.2, 0) is 19.6 Å². The Bertz CT molecular complexity index is 923. The van der Waals surface area contributed by atoms with Gasteiger partial charge in [-0.1, -0.05) is 0 Å². The Hall–Kier alpha value is -2.17. The number of ether oxygens (including phenoxy) is 1. The Morgan fingerprint density at radius 1 is 1.30 bits per heavy atom. The van der Waals surface area contributed by atoms with E-state index in [1.54, 1.807) is 19.9 Å². The Morgan fingerprint density at radius 3 is 2.60 bits per heavy atom. The van der Waals surface area contributed by atoms with Gasteiger partial charge in [-0.2, -0.15) is 4.31 Å². The van der Waals surface area contributed by atoms with E-state index in [1.165, 1.54) is 10.4 Å². The molecule has 0 radical (unpaired) electrons. The summed E-state index contributed by atoms with van der Waals surface area (Å²) in [5, 5.41) is 5.65. The molecular weight excluding hydrogens is 408 g/mol. The fraction of sp³-hybridized carbons (Fsp3) is 0.600. The molecule has 166 valence electrons. The maximum absolute atomic E-state index is 13.2. The number of sulfonamides is 1. The molecule has 0 aromatic heterocycles. The zero-order chi connectivity index (χ0) is 22.1. The van der Waals surface area contributed by atoms with Gasteiger partial charge in [0, 0.05) is 38.2 Å². The van der Waals surface area contributed by atoms with E-state index >= 15 is 0 Å². The van der Waals surface area contributed by atoms with Gasteiger partial charge in [-0.05, 0) is 52.4 Å². The van der Waals surface area contributed by atoms with Gasteiger partial charge in [0.15, 0.2) is 6.10 Å². The smallest absolute Gasteiger partial charge is 0.265 e. The predicted octanol–water partition coefficient (Wildman–Crippen LogP) is 0.793. The minimum Gasteiger partial charge on any atom is -0.479 e. The number of hydrogen-bond acceptors (Lipinski definition) is 6. The van der Waals surface area contributed by atoms with Crippen LogP contribution in [0.1, 0.15) is 25.3 Å². The van der Waals surface area contributed by atoms with Crippen molar-refractivity contribution in [3.05, 3.63) is 17.7 Å². The number of benzene rings is 1. The van der Waals surface area contributed by atoms with Crippen molar-refractivity contribution in [2.24, 2.45) is 5.92 Å².